The van der Waals surface area contributed by atoms with Crippen molar-refractivity contribution in [1.29, 1.82) is 0 Å². The first-order valence-electron chi connectivity index (χ1n) is 8.01. The maximum Gasteiger partial charge on any atom is 0.231 e. The van der Waals surface area contributed by atoms with Gasteiger partial charge in [-0.05, 0) is 43.9 Å². The fourth-order valence-electron chi connectivity index (χ4n) is 2.97. The molecule has 0 spiro atoms. The summed E-state index contributed by atoms with van der Waals surface area (Å²) >= 11 is 0. The van der Waals surface area contributed by atoms with Gasteiger partial charge in [0.05, 0.1) is 5.41 Å². The summed E-state index contributed by atoms with van der Waals surface area (Å²) < 4.78 is 0. The van der Waals surface area contributed by atoms with E-state index in [1.54, 1.807) is 0 Å². The van der Waals surface area contributed by atoms with Gasteiger partial charge in [0.2, 0.25) is 5.91 Å². The van der Waals surface area contributed by atoms with Gasteiger partial charge in [-0.15, -0.1) is 0 Å². The summed E-state index contributed by atoms with van der Waals surface area (Å²) in [5.74, 6) is 0.0357. The minimum Gasteiger partial charge on any atom is -0.371 e. The summed E-state index contributed by atoms with van der Waals surface area (Å²) in [4.78, 5) is 14.9. The van der Waals surface area contributed by atoms with Crippen LogP contribution in [0.15, 0.2) is 24.3 Å². The van der Waals surface area contributed by atoms with Gasteiger partial charge in [0.15, 0.2) is 0 Å². The lowest BCUT2D eigenvalue weighted by molar-refractivity contribution is -0.125. The number of nitrogens with two attached hydrogens (primary N) is 1. The Kier molecular flexibility index (Phi) is 5.23. The van der Waals surface area contributed by atoms with Gasteiger partial charge in [-0.25, -0.2) is 0 Å². The molecule has 3 N–H and O–H groups in total. The highest BCUT2D eigenvalue weighted by molar-refractivity contribution is 5.95. The highest BCUT2D eigenvalue weighted by Crippen LogP contribution is 2.28. The van der Waals surface area contributed by atoms with Crippen molar-refractivity contribution in [2.45, 2.75) is 39.5 Å². The average Bonchev–Trinajstić information content (AvgIpc) is 3.04. The molecule has 0 radical (unpaired) electrons. The van der Waals surface area contributed by atoms with Gasteiger partial charge in [0, 0.05) is 31.0 Å². The molecule has 0 aliphatic carbocycles. The quantitative estimate of drug-likeness (QED) is 0.846. The zero-order chi connectivity index (χ0) is 15.3. The smallest absolute Gasteiger partial charge is 0.231 e. The van der Waals surface area contributed by atoms with Crippen LogP contribution in [-0.2, 0) is 4.79 Å². The van der Waals surface area contributed by atoms with Gasteiger partial charge in [0.25, 0.3) is 0 Å². The maximum atomic E-state index is 12.6. The van der Waals surface area contributed by atoms with Crippen molar-refractivity contribution < 1.29 is 4.79 Å². The molecule has 0 saturated carbocycles. The van der Waals surface area contributed by atoms with E-state index < -0.39 is 5.41 Å². The van der Waals surface area contributed by atoms with Crippen molar-refractivity contribution in [3.8, 4) is 0 Å². The SMILES string of the molecule is CCC(CC)(CN)C(=O)Nc1cccc(N2CCCC2)c1. The number of hydrogen-bond acceptors (Lipinski definition) is 3. The Balaban J connectivity index is 2.12. The molecule has 1 aliphatic heterocycles. The molecule has 1 amide bonds. The van der Waals surface area contributed by atoms with Crippen LogP contribution in [0.2, 0.25) is 0 Å². The van der Waals surface area contributed by atoms with E-state index >= 15 is 0 Å². The Hall–Kier alpha value is -1.55. The summed E-state index contributed by atoms with van der Waals surface area (Å²) in [5.41, 5.74) is 7.45. The van der Waals surface area contributed by atoms with Crippen LogP contribution in [0.25, 0.3) is 0 Å². The summed E-state index contributed by atoms with van der Waals surface area (Å²) in [6.45, 7) is 6.65. The molecule has 0 bridgehead atoms. The third-order valence-electron chi connectivity index (χ3n) is 4.80. The van der Waals surface area contributed by atoms with E-state index in [1.165, 1.54) is 18.5 Å². The molecule has 2 rings (SSSR count). The Morgan fingerprint density at radius 2 is 1.95 bits per heavy atom. The molecule has 4 heteroatoms. The third kappa shape index (κ3) is 3.38. The highest BCUT2D eigenvalue weighted by atomic mass is 16.2. The number of hydrogen-bond donors (Lipinski definition) is 2. The summed E-state index contributed by atoms with van der Waals surface area (Å²) in [6.07, 6.45) is 4.02. The molecular weight excluding hydrogens is 262 g/mol. The van der Waals surface area contributed by atoms with Gasteiger partial charge in [0.1, 0.15) is 0 Å². The standard InChI is InChI=1S/C17H27N3O/c1-3-17(4-2,13-18)16(21)19-14-8-7-9-15(12-14)20-10-5-6-11-20/h7-9,12H,3-6,10-11,13,18H2,1-2H3,(H,19,21). The highest BCUT2D eigenvalue weighted by Gasteiger charge is 2.33. The first kappa shape index (κ1) is 15.8. The number of anilines is 2. The van der Waals surface area contributed by atoms with Gasteiger partial charge in [-0.2, -0.15) is 0 Å². The lowest BCUT2D eigenvalue weighted by Crippen LogP contribution is -2.41. The van der Waals surface area contributed by atoms with Crippen LogP contribution in [0.4, 0.5) is 11.4 Å². The first-order chi connectivity index (χ1) is 10.1. The zero-order valence-electron chi connectivity index (χ0n) is 13.2. The van der Waals surface area contributed by atoms with Crippen LogP contribution < -0.4 is 16.0 Å². The van der Waals surface area contributed by atoms with Crippen molar-refractivity contribution in [2.24, 2.45) is 11.1 Å². The van der Waals surface area contributed by atoms with E-state index in [4.69, 9.17) is 5.73 Å². The van der Waals surface area contributed by atoms with Gasteiger partial charge in [-0.3, -0.25) is 4.79 Å². The Bertz CT molecular complexity index is 468. The van der Waals surface area contributed by atoms with Crippen LogP contribution in [0.1, 0.15) is 39.5 Å². The van der Waals surface area contributed by atoms with Crippen molar-refractivity contribution in [3.05, 3.63) is 24.3 Å². The number of carbonyl (C=O) groups excluding carboxylic acids is 1. The van der Waals surface area contributed by atoms with Crippen molar-refractivity contribution >= 4 is 17.3 Å². The van der Waals surface area contributed by atoms with E-state index in [9.17, 15) is 4.79 Å². The summed E-state index contributed by atoms with van der Waals surface area (Å²) in [5, 5.41) is 3.05. The zero-order valence-corrected chi connectivity index (χ0v) is 13.2. The lowest BCUT2D eigenvalue weighted by atomic mass is 9.81. The molecule has 1 saturated heterocycles. The molecule has 4 nitrogen and oxygen atoms in total. The average molecular weight is 289 g/mol. The predicted molar refractivity (Wildman–Crippen MR) is 88.6 cm³/mol. The first-order valence-corrected chi connectivity index (χ1v) is 8.01. The molecule has 1 aromatic rings. The van der Waals surface area contributed by atoms with Gasteiger partial charge in [-0.1, -0.05) is 19.9 Å². The van der Waals surface area contributed by atoms with Crippen LogP contribution in [0, 0.1) is 5.41 Å². The van der Waals surface area contributed by atoms with Crippen LogP contribution in [0.3, 0.4) is 0 Å². The normalized spacial score (nSPS) is 15.3. The van der Waals surface area contributed by atoms with E-state index in [2.05, 4.69) is 22.3 Å². The molecule has 1 aromatic carbocycles. The van der Waals surface area contributed by atoms with E-state index in [0.717, 1.165) is 31.6 Å². The molecule has 21 heavy (non-hydrogen) atoms. The Morgan fingerprint density at radius 1 is 1.29 bits per heavy atom. The minimum atomic E-state index is -0.455. The van der Waals surface area contributed by atoms with Crippen LogP contribution >= 0.6 is 0 Å². The fourth-order valence-corrected chi connectivity index (χ4v) is 2.97. The molecule has 1 heterocycles. The third-order valence-corrected chi connectivity index (χ3v) is 4.80. The van der Waals surface area contributed by atoms with E-state index in [1.807, 2.05) is 26.0 Å². The summed E-state index contributed by atoms with van der Waals surface area (Å²) in [7, 11) is 0. The van der Waals surface area contributed by atoms with Crippen LogP contribution in [-0.4, -0.2) is 25.5 Å². The van der Waals surface area contributed by atoms with Gasteiger partial charge < -0.3 is 16.0 Å². The van der Waals surface area contributed by atoms with E-state index in [-0.39, 0.29) is 5.91 Å². The minimum absolute atomic E-state index is 0.0357. The molecule has 1 aliphatic rings. The number of nitrogens with one attached hydrogen (secondary N) is 1. The topological polar surface area (TPSA) is 58.4 Å². The van der Waals surface area contributed by atoms with Crippen molar-refractivity contribution in [1.82, 2.24) is 0 Å². The molecule has 1 fully saturated rings. The van der Waals surface area contributed by atoms with Crippen molar-refractivity contribution in [2.75, 3.05) is 29.9 Å². The number of benzene rings is 1. The number of rotatable bonds is 6. The summed E-state index contributed by atoms with van der Waals surface area (Å²) in [6, 6.07) is 8.13. The second-order valence-corrected chi connectivity index (χ2v) is 5.89. The van der Waals surface area contributed by atoms with Crippen molar-refractivity contribution in [3.63, 3.8) is 0 Å². The van der Waals surface area contributed by atoms with Crippen LogP contribution in [0.5, 0.6) is 0 Å². The molecule has 116 valence electrons. The molecule has 0 unspecified atom stereocenters. The molecule has 0 aromatic heterocycles. The monoisotopic (exact) mass is 289 g/mol. The predicted octanol–water partition coefficient (Wildman–Crippen LogP) is 2.99. The number of carbonyl (C=O) groups is 1. The molecule has 0 atom stereocenters. The molecular formula is C17H27N3O. The maximum absolute atomic E-state index is 12.6. The second-order valence-electron chi connectivity index (χ2n) is 5.89. The number of nitrogens with zero attached hydrogens (tertiary/aromatic N) is 1. The number of amides is 1. The Labute approximate surface area is 127 Å². The fraction of sp³-hybridized carbons (Fsp3) is 0.588. The lowest BCUT2D eigenvalue weighted by Gasteiger charge is -2.28. The largest absolute Gasteiger partial charge is 0.371 e. The second kappa shape index (κ2) is 6.94. The van der Waals surface area contributed by atoms with E-state index in [0.29, 0.717) is 6.54 Å². The Morgan fingerprint density at radius 3 is 2.52 bits per heavy atom. The van der Waals surface area contributed by atoms with Gasteiger partial charge >= 0.3 is 0 Å².